The summed E-state index contributed by atoms with van der Waals surface area (Å²) in [6.45, 7) is 6.39. The number of urea groups is 1. The Hall–Kier alpha value is -2.89. The van der Waals surface area contributed by atoms with Gasteiger partial charge in [0.2, 0.25) is 0 Å². The lowest BCUT2D eigenvalue weighted by Crippen LogP contribution is -2.45. The van der Waals surface area contributed by atoms with E-state index in [0.29, 0.717) is 38.6 Å². The van der Waals surface area contributed by atoms with Crippen LogP contribution in [0.5, 0.6) is 0 Å². The molecule has 0 bridgehead atoms. The Morgan fingerprint density at radius 2 is 1.83 bits per heavy atom. The van der Waals surface area contributed by atoms with Crippen LogP contribution in [0, 0.1) is 46.1 Å². The summed E-state index contributed by atoms with van der Waals surface area (Å²) >= 11 is 12.3. The number of carbonyl (C=O) groups is 2. The number of halogens is 4. The molecule has 0 radical (unpaired) electrons. The average Bonchev–Trinajstić information content (AvgIpc) is 3.22. The molecule has 0 spiro atoms. The molecule has 0 unspecified atom stereocenters. The smallest absolute Gasteiger partial charge is 0.318 e. The standard InChI is InChI=1S/C31H35Cl2F2N3O3/c1-30(2,3)14-20-16-38(29(41)37-15-18-7-9-19(10-8-18)28(39)40)27(22-5-4-6-24(33)26(22)35)31(20,17-36)23-12-11-21(32)13-25(23)34/h4-6,11-13,18-20,27H,7-10,14-16H2,1-3H3,(H,37,41)(H,39,40)/t18-,19-,20-,27-,31-/m1/s1. The van der Waals surface area contributed by atoms with Crippen LogP contribution in [-0.2, 0) is 10.2 Å². The molecule has 1 saturated carbocycles. The lowest BCUT2D eigenvalue weighted by Gasteiger charge is -2.38. The molecule has 1 aliphatic heterocycles. The van der Waals surface area contributed by atoms with Gasteiger partial charge in [-0.3, -0.25) is 4.79 Å². The minimum Gasteiger partial charge on any atom is -0.481 e. The van der Waals surface area contributed by atoms with Gasteiger partial charge in [0.15, 0.2) is 0 Å². The minimum atomic E-state index is -1.65. The lowest BCUT2D eigenvalue weighted by molar-refractivity contribution is -0.143. The van der Waals surface area contributed by atoms with Crippen molar-refractivity contribution in [2.24, 2.45) is 23.2 Å². The second kappa shape index (κ2) is 12.1. The number of likely N-dealkylation sites (tertiary alicyclic amines) is 1. The molecule has 2 N–H and O–H groups in total. The quantitative estimate of drug-likeness (QED) is 0.352. The number of nitrogens with zero attached hydrogens (tertiary/aromatic N) is 2. The number of aliphatic carboxylic acids is 1. The highest BCUT2D eigenvalue weighted by Gasteiger charge is 2.60. The van der Waals surface area contributed by atoms with E-state index >= 15 is 8.78 Å². The number of amides is 2. The number of carbonyl (C=O) groups excluding carboxylic acids is 1. The summed E-state index contributed by atoms with van der Waals surface area (Å²) in [6.07, 6.45) is 2.85. The van der Waals surface area contributed by atoms with Gasteiger partial charge in [0.1, 0.15) is 17.0 Å². The fourth-order valence-corrected chi connectivity index (χ4v) is 6.96. The van der Waals surface area contributed by atoms with Crippen molar-refractivity contribution in [1.82, 2.24) is 10.2 Å². The molecule has 220 valence electrons. The third kappa shape index (κ3) is 6.32. The first kappa shape index (κ1) is 31.1. The lowest BCUT2D eigenvalue weighted by atomic mass is 9.63. The van der Waals surface area contributed by atoms with Crippen molar-refractivity contribution < 1.29 is 23.5 Å². The molecule has 2 aromatic rings. The molecule has 0 aromatic heterocycles. The molecule has 2 aliphatic rings. The number of rotatable bonds is 6. The average molecular weight is 607 g/mol. The van der Waals surface area contributed by atoms with E-state index in [0.717, 1.165) is 6.07 Å². The molecule has 3 atom stereocenters. The fourth-order valence-electron chi connectivity index (χ4n) is 6.62. The number of nitrogens with one attached hydrogen (secondary N) is 1. The number of hydrogen-bond acceptors (Lipinski definition) is 3. The molecule has 41 heavy (non-hydrogen) atoms. The predicted octanol–water partition coefficient (Wildman–Crippen LogP) is 7.74. The SMILES string of the molecule is CC(C)(C)C[C@@H]1CN(C(=O)NC[C@H]2CC[C@H](C(=O)O)CC2)[C@H](c2cccc(Cl)c2F)[C@@]1(C#N)c1ccc(Cl)cc1F. The largest absolute Gasteiger partial charge is 0.481 e. The maximum atomic E-state index is 15.7. The summed E-state index contributed by atoms with van der Waals surface area (Å²) in [7, 11) is 0. The Bertz CT molecular complexity index is 1350. The molecule has 2 fully saturated rings. The molecule has 1 heterocycles. The zero-order valence-corrected chi connectivity index (χ0v) is 24.9. The molecule has 4 rings (SSSR count). The van der Waals surface area contributed by atoms with E-state index in [1.54, 1.807) is 6.07 Å². The van der Waals surface area contributed by atoms with E-state index in [2.05, 4.69) is 11.4 Å². The zero-order valence-electron chi connectivity index (χ0n) is 23.4. The summed E-state index contributed by atoms with van der Waals surface area (Å²) in [5.41, 5.74) is -1.88. The van der Waals surface area contributed by atoms with Crippen LogP contribution in [0.2, 0.25) is 10.0 Å². The Morgan fingerprint density at radius 1 is 1.15 bits per heavy atom. The van der Waals surface area contributed by atoms with Crippen molar-refractivity contribution >= 4 is 35.2 Å². The van der Waals surface area contributed by atoms with E-state index in [9.17, 15) is 20.0 Å². The van der Waals surface area contributed by atoms with Crippen LogP contribution in [0.4, 0.5) is 13.6 Å². The number of carboxylic acids is 1. The maximum absolute atomic E-state index is 15.7. The summed E-state index contributed by atoms with van der Waals surface area (Å²) in [6, 6.07) is 9.17. The number of carboxylic acid groups (broad SMARTS) is 1. The van der Waals surface area contributed by atoms with E-state index in [1.165, 1.54) is 29.2 Å². The van der Waals surface area contributed by atoms with Crippen LogP contribution in [0.1, 0.15) is 70.0 Å². The van der Waals surface area contributed by atoms with Gasteiger partial charge < -0.3 is 15.3 Å². The maximum Gasteiger partial charge on any atom is 0.318 e. The predicted molar refractivity (Wildman–Crippen MR) is 154 cm³/mol. The van der Waals surface area contributed by atoms with Crippen molar-refractivity contribution in [3.8, 4) is 6.07 Å². The number of nitriles is 1. The van der Waals surface area contributed by atoms with Crippen molar-refractivity contribution in [3.05, 3.63) is 69.2 Å². The van der Waals surface area contributed by atoms with E-state index in [-0.39, 0.29) is 45.0 Å². The summed E-state index contributed by atoms with van der Waals surface area (Å²) in [5, 5.41) is 23.2. The first-order valence-electron chi connectivity index (χ1n) is 13.9. The molecular weight excluding hydrogens is 571 g/mol. The van der Waals surface area contributed by atoms with Gasteiger partial charge in [-0.25, -0.2) is 13.6 Å². The van der Waals surface area contributed by atoms with Crippen LogP contribution in [0.25, 0.3) is 0 Å². The van der Waals surface area contributed by atoms with Gasteiger partial charge in [-0.05, 0) is 61.6 Å². The van der Waals surface area contributed by atoms with E-state index in [4.69, 9.17) is 23.2 Å². The summed E-state index contributed by atoms with van der Waals surface area (Å²) < 4.78 is 31.4. The number of hydrogen-bond donors (Lipinski definition) is 2. The normalized spacial score (nSPS) is 26.4. The second-order valence-electron chi connectivity index (χ2n) is 12.5. The molecule has 2 aromatic carbocycles. The highest BCUT2D eigenvalue weighted by Crippen LogP contribution is 2.56. The van der Waals surface area contributed by atoms with Crippen molar-refractivity contribution in [1.29, 1.82) is 5.26 Å². The van der Waals surface area contributed by atoms with Crippen molar-refractivity contribution in [3.63, 3.8) is 0 Å². The van der Waals surface area contributed by atoms with Crippen molar-refractivity contribution in [2.45, 2.75) is 64.3 Å². The van der Waals surface area contributed by atoms with E-state index < -0.39 is 41.0 Å². The van der Waals surface area contributed by atoms with Gasteiger partial charge in [0.25, 0.3) is 0 Å². The fraction of sp³-hybridized carbons (Fsp3) is 0.516. The molecule has 1 saturated heterocycles. The Morgan fingerprint density at radius 3 is 2.41 bits per heavy atom. The summed E-state index contributed by atoms with van der Waals surface area (Å²) in [4.78, 5) is 26.6. The van der Waals surface area contributed by atoms with Gasteiger partial charge in [0, 0.05) is 35.2 Å². The van der Waals surface area contributed by atoms with Gasteiger partial charge in [0.05, 0.1) is 23.1 Å². The monoisotopic (exact) mass is 605 g/mol. The first-order valence-corrected chi connectivity index (χ1v) is 14.6. The highest BCUT2D eigenvalue weighted by atomic mass is 35.5. The zero-order chi connectivity index (χ0) is 30.1. The Kier molecular flexibility index (Phi) is 9.20. The molecule has 1 aliphatic carbocycles. The topological polar surface area (TPSA) is 93.4 Å². The van der Waals surface area contributed by atoms with Crippen LogP contribution >= 0.6 is 23.2 Å². The first-order chi connectivity index (χ1) is 19.3. The third-order valence-corrected chi connectivity index (χ3v) is 9.03. The van der Waals surface area contributed by atoms with Crippen LogP contribution in [0.15, 0.2) is 36.4 Å². The van der Waals surface area contributed by atoms with Gasteiger partial charge in [-0.2, -0.15) is 5.26 Å². The van der Waals surface area contributed by atoms with Gasteiger partial charge >= 0.3 is 12.0 Å². The van der Waals surface area contributed by atoms with Crippen molar-refractivity contribution in [2.75, 3.05) is 13.1 Å². The van der Waals surface area contributed by atoms with Gasteiger partial charge in [-0.1, -0.05) is 62.2 Å². The highest BCUT2D eigenvalue weighted by molar-refractivity contribution is 6.31. The number of benzene rings is 2. The summed E-state index contributed by atoms with van der Waals surface area (Å²) in [5.74, 6) is -3.11. The minimum absolute atomic E-state index is 0.0296. The van der Waals surface area contributed by atoms with Crippen LogP contribution < -0.4 is 5.32 Å². The van der Waals surface area contributed by atoms with E-state index in [1.807, 2.05) is 20.8 Å². The second-order valence-corrected chi connectivity index (χ2v) is 13.4. The molecule has 6 nitrogen and oxygen atoms in total. The third-order valence-electron chi connectivity index (χ3n) is 8.50. The Balaban J connectivity index is 1.78. The molecule has 10 heteroatoms. The van der Waals surface area contributed by atoms with Gasteiger partial charge in [-0.15, -0.1) is 0 Å². The Labute approximate surface area is 249 Å². The van der Waals surface area contributed by atoms with Crippen LogP contribution in [-0.4, -0.2) is 35.1 Å². The molecular formula is C31H35Cl2F2N3O3. The molecule has 2 amide bonds. The van der Waals surface area contributed by atoms with Crippen LogP contribution in [0.3, 0.4) is 0 Å².